The lowest BCUT2D eigenvalue weighted by Crippen LogP contribution is -2.51. The van der Waals surface area contributed by atoms with Crippen molar-refractivity contribution in [1.29, 1.82) is 0 Å². The van der Waals surface area contributed by atoms with Crippen molar-refractivity contribution in [2.24, 2.45) is 11.5 Å². The number of carbonyl (C=O) groups is 3. The van der Waals surface area contributed by atoms with Crippen LogP contribution in [0.3, 0.4) is 0 Å². The SMILES string of the molecule is CC(ONC(=O)[C@H](CCC(N)=O)NC(=O)[C@@H](C)N)OC(C)C(O)C(O)CO. The lowest BCUT2D eigenvalue weighted by atomic mass is 10.1. The van der Waals surface area contributed by atoms with Crippen molar-refractivity contribution in [3.63, 3.8) is 0 Å². The van der Waals surface area contributed by atoms with E-state index < -0.39 is 61.0 Å². The van der Waals surface area contributed by atoms with Gasteiger partial charge in [-0.2, -0.15) is 0 Å². The Labute approximate surface area is 157 Å². The molecule has 0 radical (unpaired) electrons. The van der Waals surface area contributed by atoms with Crippen LogP contribution in [-0.4, -0.2) is 76.3 Å². The van der Waals surface area contributed by atoms with Gasteiger partial charge in [-0.15, -0.1) is 0 Å². The largest absolute Gasteiger partial charge is 0.394 e. The van der Waals surface area contributed by atoms with Gasteiger partial charge in [-0.05, 0) is 27.2 Å². The Hall–Kier alpha value is -1.83. The summed E-state index contributed by atoms with van der Waals surface area (Å²) >= 11 is 0. The lowest BCUT2D eigenvalue weighted by molar-refractivity contribution is -0.217. The second-order valence-corrected chi connectivity index (χ2v) is 6.09. The van der Waals surface area contributed by atoms with Gasteiger partial charge in [0.1, 0.15) is 18.2 Å². The van der Waals surface area contributed by atoms with Crippen LogP contribution in [0.5, 0.6) is 0 Å². The van der Waals surface area contributed by atoms with Crippen LogP contribution < -0.4 is 22.3 Å². The molecule has 12 nitrogen and oxygen atoms in total. The zero-order valence-corrected chi connectivity index (χ0v) is 15.6. The van der Waals surface area contributed by atoms with Crippen LogP contribution in [0.4, 0.5) is 0 Å². The molecule has 0 aromatic rings. The first-order valence-electron chi connectivity index (χ1n) is 8.41. The van der Waals surface area contributed by atoms with Crippen LogP contribution >= 0.6 is 0 Å². The van der Waals surface area contributed by atoms with Crippen LogP contribution in [0.15, 0.2) is 0 Å². The maximum atomic E-state index is 12.2. The van der Waals surface area contributed by atoms with E-state index in [0.717, 1.165) is 0 Å². The number of nitrogens with two attached hydrogens (primary N) is 2. The maximum Gasteiger partial charge on any atom is 0.266 e. The molecule has 0 heterocycles. The van der Waals surface area contributed by atoms with E-state index in [9.17, 15) is 24.6 Å². The van der Waals surface area contributed by atoms with E-state index in [1.807, 2.05) is 0 Å². The first-order valence-corrected chi connectivity index (χ1v) is 8.41. The number of aliphatic hydroxyl groups excluding tert-OH is 3. The summed E-state index contributed by atoms with van der Waals surface area (Å²) in [7, 11) is 0. The highest BCUT2D eigenvalue weighted by Gasteiger charge is 2.26. The third-order valence-electron chi connectivity index (χ3n) is 3.52. The van der Waals surface area contributed by atoms with E-state index in [1.165, 1.54) is 20.8 Å². The molecule has 3 amide bonds. The first kappa shape index (κ1) is 25.2. The number of aliphatic hydroxyl groups is 3. The molecular formula is C15H30N4O8. The van der Waals surface area contributed by atoms with Gasteiger partial charge in [0.15, 0.2) is 6.29 Å². The highest BCUT2D eigenvalue weighted by Crippen LogP contribution is 2.07. The first-order chi connectivity index (χ1) is 12.5. The molecule has 0 spiro atoms. The Balaban J connectivity index is 4.63. The van der Waals surface area contributed by atoms with E-state index in [-0.39, 0.29) is 12.8 Å². The summed E-state index contributed by atoms with van der Waals surface area (Å²) in [6.07, 6.45) is -4.92. The summed E-state index contributed by atoms with van der Waals surface area (Å²) in [6.45, 7) is 3.62. The predicted octanol–water partition coefficient (Wildman–Crippen LogP) is -3.40. The molecule has 0 rings (SSSR count). The van der Waals surface area contributed by atoms with E-state index in [2.05, 4.69) is 10.8 Å². The number of nitrogens with one attached hydrogen (secondary N) is 2. The maximum absolute atomic E-state index is 12.2. The Morgan fingerprint density at radius 3 is 2.19 bits per heavy atom. The Kier molecular flexibility index (Phi) is 11.7. The number of hydroxylamine groups is 1. The standard InChI is InChI=1S/C15H30N4O8/c1-7(16)14(24)18-10(4-5-12(17)22)15(25)19-27-9(3)26-8(2)13(23)11(21)6-20/h7-11,13,20-21,23H,4-6,16H2,1-3H3,(H2,17,22)(H,18,24)(H,19,25)/t7-,8?,9?,10+,11?,13?/m1/s1. The minimum absolute atomic E-state index is 0.0595. The summed E-state index contributed by atoms with van der Waals surface area (Å²) in [6, 6.07) is -1.97. The fourth-order valence-electron chi connectivity index (χ4n) is 1.90. The molecular weight excluding hydrogens is 364 g/mol. The minimum atomic E-state index is -1.39. The number of ether oxygens (including phenoxy) is 1. The molecule has 0 aliphatic rings. The summed E-state index contributed by atoms with van der Waals surface area (Å²) < 4.78 is 5.24. The molecule has 0 saturated heterocycles. The zero-order valence-electron chi connectivity index (χ0n) is 15.6. The molecule has 0 aromatic carbocycles. The second kappa shape index (κ2) is 12.5. The van der Waals surface area contributed by atoms with Crippen molar-refractivity contribution >= 4 is 17.7 Å². The van der Waals surface area contributed by atoms with Crippen molar-refractivity contribution in [3.8, 4) is 0 Å². The summed E-state index contributed by atoms with van der Waals surface area (Å²) in [5.41, 5.74) is 12.6. The van der Waals surface area contributed by atoms with E-state index >= 15 is 0 Å². The fourth-order valence-corrected chi connectivity index (χ4v) is 1.90. The lowest BCUT2D eigenvalue weighted by Gasteiger charge is -2.26. The third kappa shape index (κ3) is 10.2. The van der Waals surface area contributed by atoms with Gasteiger partial charge in [0.25, 0.3) is 5.91 Å². The molecule has 158 valence electrons. The van der Waals surface area contributed by atoms with Gasteiger partial charge in [0.05, 0.1) is 18.8 Å². The molecule has 0 fully saturated rings. The van der Waals surface area contributed by atoms with Crippen LogP contribution in [0, 0.1) is 0 Å². The summed E-state index contributed by atoms with van der Waals surface area (Å²) in [5.74, 6) is -2.01. The molecule has 0 saturated carbocycles. The van der Waals surface area contributed by atoms with Gasteiger partial charge >= 0.3 is 0 Å². The summed E-state index contributed by atoms with van der Waals surface area (Å²) in [5, 5.41) is 30.2. The number of amides is 3. The molecule has 0 aromatic heterocycles. The van der Waals surface area contributed by atoms with Crippen molar-refractivity contribution < 1.29 is 39.3 Å². The average molecular weight is 394 g/mol. The summed E-state index contributed by atoms with van der Waals surface area (Å²) in [4.78, 5) is 39.8. The van der Waals surface area contributed by atoms with Crippen molar-refractivity contribution in [1.82, 2.24) is 10.8 Å². The molecule has 27 heavy (non-hydrogen) atoms. The zero-order chi connectivity index (χ0) is 21.1. The van der Waals surface area contributed by atoms with E-state index in [0.29, 0.717) is 0 Å². The second-order valence-electron chi connectivity index (χ2n) is 6.09. The van der Waals surface area contributed by atoms with Gasteiger partial charge in [-0.3, -0.25) is 14.4 Å². The molecule has 0 aliphatic carbocycles. The number of carbonyl (C=O) groups excluding carboxylic acids is 3. The van der Waals surface area contributed by atoms with Crippen LogP contribution in [0.2, 0.25) is 0 Å². The van der Waals surface area contributed by atoms with Crippen LogP contribution in [0.25, 0.3) is 0 Å². The third-order valence-corrected chi connectivity index (χ3v) is 3.52. The molecule has 9 N–H and O–H groups in total. The Bertz CT molecular complexity index is 490. The topological polar surface area (TPSA) is 206 Å². The van der Waals surface area contributed by atoms with E-state index in [1.54, 1.807) is 0 Å². The molecule has 4 unspecified atom stereocenters. The fraction of sp³-hybridized carbons (Fsp3) is 0.800. The van der Waals surface area contributed by atoms with Crippen molar-refractivity contribution in [2.75, 3.05) is 6.61 Å². The van der Waals surface area contributed by atoms with Crippen molar-refractivity contribution in [2.45, 2.75) is 70.3 Å². The van der Waals surface area contributed by atoms with Crippen LogP contribution in [-0.2, 0) is 24.0 Å². The monoisotopic (exact) mass is 394 g/mol. The Morgan fingerprint density at radius 2 is 1.70 bits per heavy atom. The molecule has 0 bridgehead atoms. The Morgan fingerprint density at radius 1 is 1.11 bits per heavy atom. The van der Waals surface area contributed by atoms with Gasteiger partial charge in [0.2, 0.25) is 11.8 Å². The minimum Gasteiger partial charge on any atom is -0.394 e. The predicted molar refractivity (Wildman–Crippen MR) is 92.3 cm³/mol. The highest BCUT2D eigenvalue weighted by molar-refractivity contribution is 5.89. The highest BCUT2D eigenvalue weighted by atomic mass is 16.8. The molecule has 0 aliphatic heterocycles. The number of hydrogen-bond acceptors (Lipinski definition) is 9. The van der Waals surface area contributed by atoms with Gasteiger partial charge in [0, 0.05) is 6.42 Å². The van der Waals surface area contributed by atoms with E-state index in [4.69, 9.17) is 26.1 Å². The quantitative estimate of drug-likeness (QED) is 0.122. The van der Waals surface area contributed by atoms with Crippen LogP contribution in [0.1, 0.15) is 33.6 Å². The van der Waals surface area contributed by atoms with Gasteiger partial charge in [-0.1, -0.05) is 0 Å². The van der Waals surface area contributed by atoms with Crippen molar-refractivity contribution in [3.05, 3.63) is 0 Å². The average Bonchev–Trinajstić information content (AvgIpc) is 2.60. The van der Waals surface area contributed by atoms with Gasteiger partial charge in [-0.25, -0.2) is 10.3 Å². The number of hydrogen-bond donors (Lipinski definition) is 7. The van der Waals surface area contributed by atoms with Gasteiger partial charge < -0.3 is 36.8 Å². The normalized spacial score (nSPS) is 17.9. The molecule has 6 atom stereocenters. The smallest absolute Gasteiger partial charge is 0.266 e. The number of primary amides is 1. The number of rotatable bonds is 13. The molecule has 12 heteroatoms.